The van der Waals surface area contributed by atoms with Crippen molar-refractivity contribution in [2.75, 3.05) is 19.0 Å². The normalized spacial score (nSPS) is 45.7. The Morgan fingerprint density at radius 2 is 1.56 bits per heavy atom. The van der Waals surface area contributed by atoms with Crippen LogP contribution < -0.4 is 15.4 Å². The number of phenolic OH excluding ortho intramolecular Hbond substituents is 1. The van der Waals surface area contributed by atoms with Crippen LogP contribution in [0.15, 0.2) is 113 Å². The third-order valence-corrected chi connectivity index (χ3v) is 32.0. The van der Waals surface area contributed by atoms with Crippen LogP contribution in [0, 0.1) is 86.3 Å². The van der Waals surface area contributed by atoms with Gasteiger partial charge in [0.15, 0.2) is 11.6 Å². The molecule has 3 aromatic rings. The second kappa shape index (κ2) is 22.0. The standard InChI is InChI=1S/C78H92N2O13S2/c81-35-45-7-1-5-42(22-45)23-47-27-60(85)77-63-55(47)16-15-51-9-3-8-50-14-13-46(31-76(50,51)90)68(77)95-94-41-80-61-28-58-57(34-79-61)48-25-49-30-74(40-83)70(89)78(91,67(88)69(93-74)92-59-12-4-11-56(64(63)86)62(59)66(77)87)65(49)75(58)39-73(33-52(75)26-48)38-72(32-53(73)36-82)20-19-71(37-72)18-17-44(29-71)21-43-6-2-10-54(84)24-43/h1-2,4-7,10-12,22,24,27-28,36,44,46,48-53,63,65,67-70,79-81,83-85,88-91H,3,8-9,13-21,23,25-26,29-35,37-41H2. The number of phenols is 1. The van der Waals surface area contributed by atoms with Gasteiger partial charge in [0, 0.05) is 34.6 Å². The van der Waals surface area contributed by atoms with Crippen molar-refractivity contribution in [3.63, 3.8) is 0 Å². The van der Waals surface area contributed by atoms with E-state index in [1.54, 1.807) is 41.1 Å². The number of ketones is 2. The number of rotatable bonds is 7. The average Bonchev–Trinajstić information content (AvgIpc) is 1.56. The number of fused-ring (bicyclic) bond motifs is 4. The van der Waals surface area contributed by atoms with Gasteiger partial charge < -0.3 is 65.8 Å². The molecule has 0 aromatic heterocycles. The number of hydrogen-bond donors (Lipinski definition) is 10. The van der Waals surface area contributed by atoms with Crippen LogP contribution in [0.2, 0.25) is 0 Å². The van der Waals surface area contributed by atoms with Gasteiger partial charge in [-0.3, -0.25) is 9.59 Å². The molecule has 0 radical (unpaired) electrons. The lowest BCUT2D eigenvalue weighted by atomic mass is 9.46. The molecule has 3 heterocycles. The van der Waals surface area contributed by atoms with Gasteiger partial charge in [-0.1, -0.05) is 82.1 Å². The molecule has 9 saturated carbocycles. The molecular formula is C78H92N2O13S2. The second-order valence-corrected chi connectivity index (χ2v) is 36.1. The molecule has 504 valence electrons. The van der Waals surface area contributed by atoms with E-state index < -0.39 is 81.0 Å². The molecule has 5 spiro atoms. The Morgan fingerprint density at radius 1 is 0.747 bits per heavy atom. The number of dihydropyridines is 1. The first-order valence-corrected chi connectivity index (χ1v) is 38.5. The number of benzene rings is 3. The predicted molar refractivity (Wildman–Crippen MR) is 358 cm³/mol. The molecule has 17 heteroatoms. The van der Waals surface area contributed by atoms with Crippen molar-refractivity contribution in [2.45, 2.75) is 195 Å². The first-order chi connectivity index (χ1) is 45.8. The Labute approximate surface area is 563 Å². The van der Waals surface area contributed by atoms with Crippen molar-refractivity contribution in [3.05, 3.63) is 141 Å². The molecule has 10 N–H and O–H groups in total. The highest BCUT2D eigenvalue weighted by Gasteiger charge is 2.80. The van der Waals surface area contributed by atoms with Crippen LogP contribution in [0.4, 0.5) is 0 Å². The Hall–Kier alpha value is -4.95. The Morgan fingerprint density at radius 3 is 2.39 bits per heavy atom. The van der Waals surface area contributed by atoms with Crippen LogP contribution in [0.5, 0.6) is 11.5 Å². The summed E-state index contributed by atoms with van der Waals surface area (Å²) in [6, 6.07) is 20.2. The van der Waals surface area contributed by atoms with Crippen LogP contribution in [0.3, 0.4) is 0 Å². The molecule has 19 rings (SSSR count). The fourth-order valence-corrected chi connectivity index (χ4v) is 29.1. The number of aliphatic hydroxyl groups is 7. The zero-order valence-corrected chi connectivity index (χ0v) is 55.8. The molecule has 95 heavy (non-hydrogen) atoms. The average molecular weight is 1330 g/mol. The van der Waals surface area contributed by atoms with E-state index in [9.17, 15) is 45.6 Å². The lowest BCUT2D eigenvalue weighted by Crippen LogP contribution is -2.81. The van der Waals surface area contributed by atoms with Gasteiger partial charge in [-0.15, -0.1) is 0 Å². The highest BCUT2D eigenvalue weighted by Crippen LogP contribution is 2.80. The first kappa shape index (κ1) is 62.3. The van der Waals surface area contributed by atoms with Gasteiger partial charge in [0.2, 0.25) is 6.29 Å². The number of ether oxygens (including phenoxy) is 2. The van der Waals surface area contributed by atoms with Crippen LogP contribution in [0.25, 0.3) is 0 Å². The number of carbonyl (C=O) groups is 3. The monoisotopic (exact) mass is 1330 g/mol. The number of carbonyl (C=O) groups excluding carboxylic acids is 3. The van der Waals surface area contributed by atoms with Crippen molar-refractivity contribution in [3.8, 4) is 11.5 Å². The van der Waals surface area contributed by atoms with Crippen LogP contribution in [0.1, 0.15) is 172 Å². The van der Waals surface area contributed by atoms with Gasteiger partial charge in [0.1, 0.15) is 52.4 Å². The van der Waals surface area contributed by atoms with E-state index in [2.05, 4.69) is 22.8 Å². The summed E-state index contributed by atoms with van der Waals surface area (Å²) >= 11 is 0. The van der Waals surface area contributed by atoms with Crippen molar-refractivity contribution < 1.29 is 64.7 Å². The second-order valence-electron chi connectivity index (χ2n) is 33.5. The Balaban J connectivity index is 0.770. The van der Waals surface area contributed by atoms with Gasteiger partial charge in [-0.25, -0.2) is 0 Å². The third kappa shape index (κ3) is 8.79. The van der Waals surface area contributed by atoms with Crippen LogP contribution in [-0.2, 0) is 29.0 Å². The molecular weight excluding hydrogens is 1240 g/mol. The first-order valence-electron chi connectivity index (χ1n) is 36.1. The number of allylic oxidation sites excluding steroid dienone is 6. The zero-order valence-electron chi connectivity index (χ0n) is 54.2. The van der Waals surface area contributed by atoms with Gasteiger partial charge in [-0.2, -0.15) is 0 Å². The molecule has 3 aromatic carbocycles. The molecule has 1 saturated heterocycles. The summed E-state index contributed by atoms with van der Waals surface area (Å²) in [5, 5.41) is 108. The number of aromatic hydroxyl groups is 1. The van der Waals surface area contributed by atoms with Gasteiger partial charge in [-0.05, 0) is 263 Å². The molecule has 15 nitrogen and oxygen atoms in total. The SMILES string of the molecule is O=CC1CC2(CCC3(CCC(Cc4cccc(O)c4)C3)C2)CC12CC1CC3CC4CC5(CO)OC6Oc7cccc8c7C(=O)C79C(O)=CC(Cc%10cccc(CO)c%10)=C(CCC%10CCCC%11CCC(CC%10%11O)C7SSCNC7=CC(=C3CN7)C1(C2)C4C(O)(C6O)C5O)C9C8=O. The minimum Gasteiger partial charge on any atom is -0.511 e. The maximum atomic E-state index is 17.2. The topological polar surface area (TPSA) is 256 Å². The smallest absolute Gasteiger partial charge is 0.229 e. The van der Waals surface area contributed by atoms with E-state index in [0.717, 1.165) is 130 Å². The summed E-state index contributed by atoms with van der Waals surface area (Å²) in [6.07, 6.45) is 17.8. The van der Waals surface area contributed by atoms with Crippen molar-refractivity contribution in [1.82, 2.24) is 10.6 Å². The molecule has 3 aliphatic heterocycles. The number of Topliss-reactive ketones (excluding diaryl/α,β-unsaturated/α-hetero) is 2. The molecule has 22 unspecified atom stereocenters. The number of nitrogens with one attached hydrogen (secondary N) is 2. The minimum absolute atomic E-state index is 0.0395. The fraction of sp³-hybridized carbons (Fsp3) is 0.628. The molecule has 22 atom stereocenters. The molecule has 10 fully saturated rings. The Kier molecular flexibility index (Phi) is 14.4. The maximum Gasteiger partial charge on any atom is 0.229 e. The van der Waals surface area contributed by atoms with Crippen LogP contribution >= 0.6 is 21.6 Å². The maximum absolute atomic E-state index is 17.2. The van der Waals surface area contributed by atoms with E-state index in [1.165, 1.54) is 28.2 Å². The van der Waals surface area contributed by atoms with Gasteiger partial charge in [0.05, 0.1) is 42.0 Å². The number of hydrogen-bond acceptors (Lipinski definition) is 17. The molecule has 16 aliphatic rings. The fourth-order valence-electron chi connectivity index (χ4n) is 26.1. The molecule has 13 bridgehead atoms. The van der Waals surface area contributed by atoms with Crippen LogP contribution in [-0.4, -0.2) is 118 Å². The summed E-state index contributed by atoms with van der Waals surface area (Å²) < 4.78 is 14.0. The van der Waals surface area contributed by atoms with E-state index in [-0.39, 0.29) is 93.7 Å². The summed E-state index contributed by atoms with van der Waals surface area (Å²) in [6.45, 7) is -0.354. The van der Waals surface area contributed by atoms with E-state index >= 15 is 9.59 Å². The lowest BCUT2D eigenvalue weighted by Gasteiger charge is -2.65. The number of aliphatic hydroxyl groups excluding tert-OH is 5. The summed E-state index contributed by atoms with van der Waals surface area (Å²) in [5.41, 5.74) is -1.68. The van der Waals surface area contributed by atoms with Crippen molar-refractivity contribution in [1.29, 1.82) is 0 Å². The highest BCUT2D eigenvalue weighted by molar-refractivity contribution is 8.77. The highest BCUT2D eigenvalue weighted by atomic mass is 33.1. The predicted octanol–water partition coefficient (Wildman–Crippen LogP) is 10.8. The molecule has 13 aliphatic carbocycles. The summed E-state index contributed by atoms with van der Waals surface area (Å²) in [5.74, 6) is -2.09. The van der Waals surface area contributed by atoms with Gasteiger partial charge in [0.25, 0.3) is 0 Å². The quantitative estimate of drug-likeness (QED) is 0.0779. The summed E-state index contributed by atoms with van der Waals surface area (Å²) in [4.78, 5) is 47.9. The van der Waals surface area contributed by atoms with Crippen molar-refractivity contribution >= 4 is 39.4 Å². The van der Waals surface area contributed by atoms with E-state index in [1.807, 2.05) is 36.4 Å². The lowest BCUT2D eigenvalue weighted by molar-refractivity contribution is -0.392. The minimum atomic E-state index is -2.38. The van der Waals surface area contributed by atoms with Crippen molar-refractivity contribution in [2.24, 2.45) is 86.3 Å². The number of aldehydes is 1. The largest absolute Gasteiger partial charge is 0.511 e. The third-order valence-electron chi connectivity index (χ3n) is 29.3. The van der Waals surface area contributed by atoms with E-state index in [0.29, 0.717) is 69.0 Å². The zero-order chi connectivity index (χ0) is 65.0. The summed E-state index contributed by atoms with van der Waals surface area (Å²) in [7, 11) is 3.06. The van der Waals surface area contributed by atoms with E-state index in [4.69, 9.17) is 9.47 Å². The molecule has 0 amide bonds. The van der Waals surface area contributed by atoms with Gasteiger partial charge >= 0.3 is 0 Å². The Bertz CT molecular complexity index is 3870.